The summed E-state index contributed by atoms with van der Waals surface area (Å²) in [6.07, 6.45) is 0.836. The largest absolute Gasteiger partial charge is 0.444 e. The number of alkyl carbamates (subject to hydrolysis) is 1. The van der Waals surface area contributed by atoms with Crippen molar-refractivity contribution in [2.24, 2.45) is 0 Å². The normalized spacial score (nSPS) is 17.8. The molecule has 48 heavy (non-hydrogen) atoms. The number of anilines is 2. The molecule has 2 atom stereocenters. The summed E-state index contributed by atoms with van der Waals surface area (Å²) in [7, 11) is 0. The van der Waals surface area contributed by atoms with E-state index in [0.717, 1.165) is 46.5 Å². The number of benzene rings is 4. The Bertz CT molecular complexity index is 1750. The summed E-state index contributed by atoms with van der Waals surface area (Å²) in [5, 5.41) is 6.55. The van der Waals surface area contributed by atoms with E-state index in [9.17, 15) is 9.59 Å². The third-order valence-electron chi connectivity index (χ3n) is 9.16. The van der Waals surface area contributed by atoms with Crippen LogP contribution in [0.4, 0.5) is 21.0 Å². The van der Waals surface area contributed by atoms with Crippen LogP contribution >= 0.6 is 0 Å². The number of hydrogen-bond acceptors (Lipinski definition) is 5. The number of amides is 2. The van der Waals surface area contributed by atoms with Gasteiger partial charge in [-0.2, -0.15) is 0 Å². The summed E-state index contributed by atoms with van der Waals surface area (Å²) in [5.41, 5.74) is 6.60. The van der Waals surface area contributed by atoms with E-state index in [0.29, 0.717) is 13.0 Å². The van der Waals surface area contributed by atoms with Crippen LogP contribution in [-0.4, -0.2) is 41.4 Å². The Morgan fingerprint density at radius 3 is 2.21 bits per heavy atom. The van der Waals surface area contributed by atoms with E-state index in [-0.39, 0.29) is 17.0 Å². The van der Waals surface area contributed by atoms with Crippen LogP contribution < -0.4 is 10.6 Å². The summed E-state index contributed by atoms with van der Waals surface area (Å²) in [4.78, 5) is 28.4. The molecule has 1 heterocycles. The molecule has 0 radical (unpaired) electrons. The minimum atomic E-state index is -0.658. The van der Waals surface area contributed by atoms with Crippen LogP contribution in [-0.2, 0) is 26.8 Å². The molecule has 4 aromatic carbocycles. The maximum Gasteiger partial charge on any atom is 0.411 e. The Morgan fingerprint density at radius 1 is 0.854 bits per heavy atom. The Balaban J connectivity index is 1.18. The number of cyclic esters (lactones) is 1. The number of carbonyl (C=O) groups excluding carboxylic acids is 2. The van der Waals surface area contributed by atoms with Gasteiger partial charge in [0, 0.05) is 11.4 Å². The zero-order valence-corrected chi connectivity index (χ0v) is 28.9. The molecule has 2 amide bonds. The van der Waals surface area contributed by atoms with Gasteiger partial charge >= 0.3 is 12.2 Å². The lowest BCUT2D eigenvalue weighted by molar-refractivity contribution is 0.0436. The standard InChI is InChI=1S/C41H47N3O4/c1-39(2,3)31-15-11-16-32(26-31)41(22-23-41)44-27-36(47-38(44)46)35(43-37(45)48-40(4,5)6)24-28-18-20-33(21-19-28)42-34-17-10-14-30(25-34)29-12-8-7-9-13-29/h7-21,25-26,35-36,42H,22-24,27H2,1-6H3,(H,43,45)/t35-,36?/m0/s1. The molecule has 2 N–H and O–H groups in total. The minimum absolute atomic E-state index is 0.000156. The van der Waals surface area contributed by atoms with Gasteiger partial charge in [-0.1, -0.05) is 99.6 Å². The van der Waals surface area contributed by atoms with Crippen LogP contribution in [0.1, 0.15) is 71.1 Å². The first-order valence-electron chi connectivity index (χ1n) is 16.9. The van der Waals surface area contributed by atoms with Gasteiger partial charge in [0.2, 0.25) is 0 Å². The van der Waals surface area contributed by atoms with Crippen molar-refractivity contribution in [3.63, 3.8) is 0 Å². The molecular weight excluding hydrogens is 598 g/mol. The van der Waals surface area contributed by atoms with Crippen molar-refractivity contribution in [3.05, 3.63) is 120 Å². The second-order valence-electron chi connectivity index (χ2n) is 15.1. The molecular formula is C41H47N3O4. The van der Waals surface area contributed by atoms with E-state index < -0.39 is 23.8 Å². The van der Waals surface area contributed by atoms with Crippen molar-refractivity contribution in [1.29, 1.82) is 0 Å². The molecule has 2 fully saturated rings. The molecule has 1 saturated carbocycles. The van der Waals surface area contributed by atoms with E-state index in [2.05, 4.69) is 79.9 Å². The highest BCUT2D eigenvalue weighted by atomic mass is 16.6. The van der Waals surface area contributed by atoms with Gasteiger partial charge in [0.1, 0.15) is 11.7 Å². The maximum atomic E-state index is 13.5. The molecule has 4 aromatic rings. The van der Waals surface area contributed by atoms with E-state index in [1.807, 2.05) is 80.3 Å². The fourth-order valence-electron chi connectivity index (χ4n) is 6.44. The first kappa shape index (κ1) is 33.1. The molecule has 6 rings (SSSR count). The smallest absolute Gasteiger partial charge is 0.411 e. The number of carbonyl (C=O) groups is 2. The van der Waals surface area contributed by atoms with Crippen molar-refractivity contribution in [2.45, 2.75) is 89.5 Å². The molecule has 7 heteroatoms. The molecule has 250 valence electrons. The molecule has 7 nitrogen and oxygen atoms in total. The number of ether oxygens (including phenoxy) is 2. The summed E-state index contributed by atoms with van der Waals surface area (Å²) >= 11 is 0. The zero-order chi connectivity index (χ0) is 34.1. The minimum Gasteiger partial charge on any atom is -0.444 e. The summed E-state index contributed by atoms with van der Waals surface area (Å²) in [6, 6.07) is 34.9. The van der Waals surface area contributed by atoms with Gasteiger partial charge < -0.3 is 20.1 Å². The van der Waals surface area contributed by atoms with Gasteiger partial charge in [-0.05, 0) is 97.5 Å². The fourth-order valence-corrected chi connectivity index (χ4v) is 6.44. The van der Waals surface area contributed by atoms with Crippen molar-refractivity contribution >= 4 is 23.6 Å². The van der Waals surface area contributed by atoms with Crippen LogP contribution in [0, 0.1) is 0 Å². The van der Waals surface area contributed by atoms with Crippen molar-refractivity contribution in [3.8, 4) is 11.1 Å². The Morgan fingerprint density at radius 2 is 1.54 bits per heavy atom. The van der Waals surface area contributed by atoms with Gasteiger partial charge in [-0.25, -0.2) is 9.59 Å². The molecule has 0 aromatic heterocycles. The predicted octanol–water partition coefficient (Wildman–Crippen LogP) is 9.34. The van der Waals surface area contributed by atoms with Gasteiger partial charge in [-0.3, -0.25) is 4.90 Å². The molecule has 0 bridgehead atoms. The van der Waals surface area contributed by atoms with E-state index in [4.69, 9.17) is 9.47 Å². The van der Waals surface area contributed by atoms with Crippen LogP contribution in [0.5, 0.6) is 0 Å². The number of nitrogens with one attached hydrogen (secondary N) is 2. The van der Waals surface area contributed by atoms with Crippen LogP contribution in [0.15, 0.2) is 103 Å². The predicted molar refractivity (Wildman–Crippen MR) is 191 cm³/mol. The van der Waals surface area contributed by atoms with Crippen LogP contribution in [0.25, 0.3) is 11.1 Å². The molecule has 0 spiro atoms. The highest BCUT2D eigenvalue weighted by Gasteiger charge is 2.56. The van der Waals surface area contributed by atoms with E-state index in [1.165, 1.54) is 5.56 Å². The van der Waals surface area contributed by atoms with E-state index in [1.54, 1.807) is 0 Å². The van der Waals surface area contributed by atoms with E-state index >= 15 is 0 Å². The number of nitrogens with zero attached hydrogens (tertiary/aromatic N) is 1. The lowest BCUT2D eigenvalue weighted by Gasteiger charge is -2.29. The lowest BCUT2D eigenvalue weighted by Crippen LogP contribution is -2.48. The first-order chi connectivity index (χ1) is 22.8. The second kappa shape index (κ2) is 13.0. The summed E-state index contributed by atoms with van der Waals surface area (Å²) < 4.78 is 11.7. The van der Waals surface area contributed by atoms with Crippen molar-refractivity contribution < 1.29 is 19.1 Å². The summed E-state index contributed by atoms with van der Waals surface area (Å²) in [5.74, 6) is 0. The average molecular weight is 646 g/mol. The molecule has 1 unspecified atom stereocenters. The third kappa shape index (κ3) is 7.67. The Kier molecular flexibility index (Phi) is 8.99. The highest BCUT2D eigenvalue weighted by molar-refractivity contribution is 5.74. The van der Waals surface area contributed by atoms with Gasteiger partial charge in [0.15, 0.2) is 0 Å². The lowest BCUT2D eigenvalue weighted by atomic mass is 9.85. The Hall–Kier alpha value is -4.78. The molecule has 1 aliphatic heterocycles. The fraction of sp³-hybridized carbons (Fsp3) is 0.366. The molecule has 2 aliphatic rings. The van der Waals surface area contributed by atoms with Crippen LogP contribution in [0.3, 0.4) is 0 Å². The molecule has 1 saturated heterocycles. The monoisotopic (exact) mass is 645 g/mol. The maximum absolute atomic E-state index is 13.5. The number of rotatable bonds is 9. The van der Waals surface area contributed by atoms with Gasteiger partial charge in [0.05, 0.1) is 18.1 Å². The van der Waals surface area contributed by atoms with Crippen molar-refractivity contribution in [1.82, 2.24) is 10.2 Å². The first-order valence-corrected chi connectivity index (χ1v) is 16.9. The van der Waals surface area contributed by atoms with Gasteiger partial charge in [0.25, 0.3) is 0 Å². The summed E-state index contributed by atoms with van der Waals surface area (Å²) in [6.45, 7) is 12.5. The van der Waals surface area contributed by atoms with Crippen molar-refractivity contribution in [2.75, 3.05) is 11.9 Å². The quantitative estimate of drug-likeness (QED) is 0.190. The topological polar surface area (TPSA) is 79.9 Å². The molecule has 1 aliphatic carbocycles. The highest BCUT2D eigenvalue weighted by Crippen LogP contribution is 2.53. The SMILES string of the molecule is CC(C)(C)OC(=O)N[C@@H](Cc1ccc(Nc2cccc(-c3ccccc3)c2)cc1)C1CN(C2(c3cccc(C(C)(C)C)c3)CC2)C(=O)O1. The number of hydrogen-bond donors (Lipinski definition) is 2. The zero-order valence-electron chi connectivity index (χ0n) is 28.9. The average Bonchev–Trinajstić information content (AvgIpc) is 3.75. The Labute approximate surface area is 284 Å². The second-order valence-corrected chi connectivity index (χ2v) is 15.1. The third-order valence-corrected chi connectivity index (χ3v) is 9.16. The van der Waals surface area contributed by atoms with Gasteiger partial charge in [-0.15, -0.1) is 0 Å². The van der Waals surface area contributed by atoms with Crippen LogP contribution in [0.2, 0.25) is 0 Å².